The van der Waals surface area contributed by atoms with Gasteiger partial charge in [-0.3, -0.25) is 0 Å². The molecule has 1 rings (SSSR count). The van der Waals surface area contributed by atoms with Crippen molar-refractivity contribution in [2.45, 2.75) is 26.3 Å². The lowest BCUT2D eigenvalue weighted by Crippen LogP contribution is -2.30. The molecule has 0 heterocycles. The van der Waals surface area contributed by atoms with Crippen molar-refractivity contribution in [1.82, 2.24) is 4.72 Å². The molecule has 5 heteroatoms. The third-order valence-electron chi connectivity index (χ3n) is 2.37. The van der Waals surface area contributed by atoms with Crippen molar-refractivity contribution in [2.24, 2.45) is 5.92 Å². The van der Waals surface area contributed by atoms with E-state index in [4.69, 9.17) is 11.6 Å². The van der Waals surface area contributed by atoms with Gasteiger partial charge in [0.2, 0.25) is 10.0 Å². The van der Waals surface area contributed by atoms with Crippen LogP contribution >= 0.6 is 11.6 Å². The summed E-state index contributed by atoms with van der Waals surface area (Å²) < 4.78 is 25.7. The highest BCUT2D eigenvalue weighted by Crippen LogP contribution is 2.22. The van der Waals surface area contributed by atoms with Gasteiger partial charge in [0.15, 0.2) is 0 Å². The summed E-state index contributed by atoms with van der Waals surface area (Å²) >= 11 is 5.41. The molecule has 1 aromatic rings. The Bertz CT molecular complexity index is 431. The van der Waals surface area contributed by atoms with Crippen LogP contribution in [-0.2, 0) is 10.0 Å². The van der Waals surface area contributed by atoms with Crippen LogP contribution in [0, 0.1) is 5.92 Å². The first-order valence-electron chi connectivity index (χ1n) is 5.55. The van der Waals surface area contributed by atoms with Gasteiger partial charge in [-0.25, -0.2) is 13.1 Å². The van der Waals surface area contributed by atoms with Gasteiger partial charge in [-0.05, 0) is 17.9 Å². The molecule has 0 aliphatic heterocycles. The Morgan fingerprint density at radius 1 is 1.24 bits per heavy atom. The highest BCUT2D eigenvalue weighted by molar-refractivity contribution is 7.90. The van der Waals surface area contributed by atoms with Crippen molar-refractivity contribution >= 4 is 21.6 Å². The van der Waals surface area contributed by atoms with Crippen molar-refractivity contribution in [3.63, 3.8) is 0 Å². The lowest BCUT2D eigenvalue weighted by atomic mass is 9.98. The average molecular weight is 276 g/mol. The van der Waals surface area contributed by atoms with Crippen LogP contribution in [0.2, 0.25) is 0 Å². The molecule has 0 aromatic heterocycles. The van der Waals surface area contributed by atoms with Gasteiger partial charge in [0.25, 0.3) is 0 Å². The van der Waals surface area contributed by atoms with E-state index in [1.165, 1.54) is 0 Å². The van der Waals surface area contributed by atoms with Crippen LogP contribution in [0.5, 0.6) is 0 Å². The molecule has 0 saturated carbocycles. The molecule has 0 spiro atoms. The third kappa shape index (κ3) is 5.06. The molecule has 1 atom stereocenters. The largest absolute Gasteiger partial charge is 0.226 e. The molecule has 3 nitrogen and oxygen atoms in total. The number of hydrogen-bond acceptors (Lipinski definition) is 2. The molecule has 0 aliphatic carbocycles. The number of benzene rings is 1. The normalized spacial score (nSPS) is 13.9. The Kier molecular flexibility index (Phi) is 5.43. The molecule has 1 aromatic carbocycles. The minimum absolute atomic E-state index is 0.208. The second kappa shape index (κ2) is 6.38. The van der Waals surface area contributed by atoms with Crippen molar-refractivity contribution < 1.29 is 8.42 Å². The Morgan fingerprint density at radius 2 is 1.82 bits per heavy atom. The molecule has 0 saturated heterocycles. The fourth-order valence-corrected chi connectivity index (χ4v) is 2.58. The standard InChI is InChI=1S/C12H18ClNO2S/c1-10(2)8-12(14-17(15,16)9-13)11-6-4-3-5-7-11/h3-7,10,12,14H,8-9H2,1-2H3. The fourth-order valence-electron chi connectivity index (χ4n) is 1.66. The summed E-state index contributed by atoms with van der Waals surface area (Å²) in [5.74, 6) is 0.401. The van der Waals surface area contributed by atoms with E-state index in [0.29, 0.717) is 5.92 Å². The van der Waals surface area contributed by atoms with Gasteiger partial charge in [0, 0.05) is 6.04 Å². The first-order valence-corrected chi connectivity index (χ1v) is 7.74. The molecule has 17 heavy (non-hydrogen) atoms. The number of halogens is 1. The first kappa shape index (κ1) is 14.5. The van der Waals surface area contributed by atoms with E-state index >= 15 is 0 Å². The number of hydrogen-bond donors (Lipinski definition) is 1. The molecule has 0 radical (unpaired) electrons. The lowest BCUT2D eigenvalue weighted by Gasteiger charge is -2.20. The fraction of sp³-hybridized carbons (Fsp3) is 0.500. The summed E-state index contributed by atoms with van der Waals surface area (Å²) in [4.78, 5) is 0. The number of nitrogens with one attached hydrogen (secondary N) is 1. The van der Waals surface area contributed by atoms with Crippen LogP contribution in [0.25, 0.3) is 0 Å². The van der Waals surface area contributed by atoms with Crippen LogP contribution in [0.15, 0.2) is 30.3 Å². The Morgan fingerprint density at radius 3 is 2.29 bits per heavy atom. The quantitative estimate of drug-likeness (QED) is 0.812. The van der Waals surface area contributed by atoms with Crippen LogP contribution < -0.4 is 4.72 Å². The molecule has 0 bridgehead atoms. The summed E-state index contributed by atoms with van der Waals surface area (Å²) in [7, 11) is -3.40. The highest BCUT2D eigenvalue weighted by atomic mass is 35.5. The molecule has 1 N–H and O–H groups in total. The summed E-state index contributed by atoms with van der Waals surface area (Å²) in [5, 5.41) is -0.408. The van der Waals surface area contributed by atoms with E-state index in [-0.39, 0.29) is 6.04 Å². The van der Waals surface area contributed by atoms with E-state index in [1.807, 2.05) is 30.3 Å². The van der Waals surface area contributed by atoms with E-state index in [0.717, 1.165) is 12.0 Å². The Labute approximate surface area is 108 Å². The topological polar surface area (TPSA) is 46.2 Å². The second-order valence-corrected chi connectivity index (χ2v) is 6.77. The van der Waals surface area contributed by atoms with Crippen molar-refractivity contribution in [3.05, 3.63) is 35.9 Å². The monoisotopic (exact) mass is 275 g/mol. The third-order valence-corrected chi connectivity index (χ3v) is 4.17. The van der Waals surface area contributed by atoms with Gasteiger partial charge in [-0.1, -0.05) is 44.2 Å². The maximum absolute atomic E-state index is 11.5. The van der Waals surface area contributed by atoms with Crippen molar-refractivity contribution in [3.8, 4) is 0 Å². The summed E-state index contributed by atoms with van der Waals surface area (Å²) in [6.45, 7) is 4.12. The molecule has 96 valence electrons. The van der Waals surface area contributed by atoms with Crippen LogP contribution in [0.4, 0.5) is 0 Å². The van der Waals surface area contributed by atoms with E-state index < -0.39 is 15.2 Å². The number of sulfonamides is 1. The smallest absolute Gasteiger partial charge is 0.211 e. The molecule has 0 amide bonds. The zero-order chi connectivity index (χ0) is 12.9. The minimum atomic E-state index is -3.40. The van der Waals surface area contributed by atoms with Gasteiger partial charge in [-0.2, -0.15) is 0 Å². The van der Waals surface area contributed by atoms with E-state index in [2.05, 4.69) is 18.6 Å². The van der Waals surface area contributed by atoms with Crippen LogP contribution in [0.1, 0.15) is 31.9 Å². The van der Waals surface area contributed by atoms with Gasteiger partial charge < -0.3 is 0 Å². The molecule has 0 aliphatic rings. The Hall–Kier alpha value is -0.580. The van der Waals surface area contributed by atoms with Crippen molar-refractivity contribution in [1.29, 1.82) is 0 Å². The predicted molar refractivity (Wildman–Crippen MR) is 71.4 cm³/mol. The molecule has 0 fully saturated rings. The van der Waals surface area contributed by atoms with Crippen molar-refractivity contribution in [2.75, 3.05) is 5.21 Å². The maximum atomic E-state index is 11.5. The summed E-state index contributed by atoms with van der Waals surface area (Å²) in [6, 6.07) is 9.34. The predicted octanol–water partition coefficient (Wildman–Crippen LogP) is 2.89. The Balaban J connectivity index is 2.89. The zero-order valence-electron chi connectivity index (χ0n) is 10.1. The summed E-state index contributed by atoms with van der Waals surface area (Å²) in [5.41, 5.74) is 0.967. The van der Waals surface area contributed by atoms with Crippen LogP contribution in [0.3, 0.4) is 0 Å². The van der Waals surface area contributed by atoms with Gasteiger partial charge >= 0.3 is 0 Å². The lowest BCUT2D eigenvalue weighted by molar-refractivity contribution is 0.473. The second-order valence-electron chi connectivity index (χ2n) is 4.43. The van der Waals surface area contributed by atoms with E-state index in [1.54, 1.807) is 0 Å². The number of alkyl halides is 1. The molecular weight excluding hydrogens is 258 g/mol. The van der Waals surface area contributed by atoms with Crippen LogP contribution in [-0.4, -0.2) is 13.6 Å². The molecular formula is C12H18ClNO2S. The van der Waals surface area contributed by atoms with Gasteiger partial charge in [-0.15, -0.1) is 11.6 Å². The SMILES string of the molecule is CC(C)CC(NS(=O)(=O)CCl)c1ccccc1. The van der Waals surface area contributed by atoms with Gasteiger partial charge in [0.05, 0.1) is 0 Å². The van der Waals surface area contributed by atoms with Gasteiger partial charge in [0.1, 0.15) is 5.21 Å². The average Bonchev–Trinajstić information content (AvgIpc) is 2.28. The zero-order valence-corrected chi connectivity index (χ0v) is 11.6. The maximum Gasteiger partial charge on any atom is 0.226 e. The highest BCUT2D eigenvalue weighted by Gasteiger charge is 2.19. The molecule has 1 unspecified atom stereocenters. The summed E-state index contributed by atoms with van der Waals surface area (Å²) in [6.07, 6.45) is 0.750. The first-order chi connectivity index (χ1) is 7.94. The minimum Gasteiger partial charge on any atom is -0.211 e. The number of rotatable bonds is 6. The van der Waals surface area contributed by atoms with E-state index in [9.17, 15) is 8.42 Å².